The van der Waals surface area contributed by atoms with E-state index in [0.29, 0.717) is 13.1 Å². The molecule has 2 aliphatic heterocycles. The van der Waals surface area contributed by atoms with Gasteiger partial charge < -0.3 is 24.2 Å². The highest BCUT2D eigenvalue weighted by atomic mass is 19.1. The summed E-state index contributed by atoms with van der Waals surface area (Å²) in [6, 6.07) is 12.9. The van der Waals surface area contributed by atoms with Gasteiger partial charge in [-0.15, -0.1) is 0 Å². The van der Waals surface area contributed by atoms with Gasteiger partial charge in [0.1, 0.15) is 18.9 Å². The Kier molecular flexibility index (Phi) is 5.97. The fraction of sp³-hybridized carbons (Fsp3) is 0.409. The molecular formula is C22H28FN3O3+2. The number of halogens is 1. The zero-order valence-corrected chi connectivity index (χ0v) is 16.7. The van der Waals surface area contributed by atoms with E-state index in [-0.39, 0.29) is 18.5 Å². The van der Waals surface area contributed by atoms with E-state index in [1.54, 1.807) is 6.07 Å². The SMILES string of the molecule is C[NH+](CC(=O)N1CC[NH+](Cc2ccccc2F)CC1)Cc1ccc2c(c1)OCO2. The molecule has 7 heteroatoms. The third-order valence-electron chi connectivity index (χ3n) is 5.62. The lowest BCUT2D eigenvalue weighted by atomic mass is 10.2. The van der Waals surface area contributed by atoms with Gasteiger partial charge in [-0.1, -0.05) is 18.2 Å². The van der Waals surface area contributed by atoms with Crippen LogP contribution in [0.4, 0.5) is 4.39 Å². The lowest BCUT2D eigenvalue weighted by Gasteiger charge is -2.32. The lowest BCUT2D eigenvalue weighted by molar-refractivity contribution is -0.918. The largest absolute Gasteiger partial charge is 0.454 e. The molecule has 0 bridgehead atoms. The highest BCUT2D eigenvalue weighted by Gasteiger charge is 2.26. The van der Waals surface area contributed by atoms with Crippen LogP contribution in [0.25, 0.3) is 0 Å². The molecule has 4 rings (SSSR count). The fourth-order valence-electron chi connectivity index (χ4n) is 3.99. The molecule has 1 unspecified atom stereocenters. The molecule has 1 amide bonds. The molecule has 2 aliphatic rings. The second-order valence-corrected chi connectivity index (χ2v) is 7.90. The number of likely N-dealkylation sites (N-methyl/N-ethyl adjacent to an activating group) is 1. The van der Waals surface area contributed by atoms with Crippen molar-refractivity contribution in [2.24, 2.45) is 0 Å². The van der Waals surface area contributed by atoms with Crippen molar-refractivity contribution in [3.63, 3.8) is 0 Å². The molecule has 29 heavy (non-hydrogen) atoms. The summed E-state index contributed by atoms with van der Waals surface area (Å²) >= 11 is 0. The molecule has 1 saturated heterocycles. The number of piperazine rings is 1. The maximum Gasteiger partial charge on any atom is 0.278 e. The summed E-state index contributed by atoms with van der Waals surface area (Å²) in [5.74, 6) is 1.58. The molecule has 0 aliphatic carbocycles. The van der Waals surface area contributed by atoms with Crippen molar-refractivity contribution in [3.05, 3.63) is 59.4 Å². The number of amides is 1. The van der Waals surface area contributed by atoms with Gasteiger partial charge in [0, 0.05) is 11.1 Å². The van der Waals surface area contributed by atoms with Crippen molar-refractivity contribution in [1.29, 1.82) is 0 Å². The van der Waals surface area contributed by atoms with Gasteiger partial charge in [0.15, 0.2) is 18.0 Å². The van der Waals surface area contributed by atoms with Crippen LogP contribution in [0.3, 0.4) is 0 Å². The minimum Gasteiger partial charge on any atom is -0.454 e. The van der Waals surface area contributed by atoms with Gasteiger partial charge in [0.25, 0.3) is 5.91 Å². The highest BCUT2D eigenvalue weighted by Crippen LogP contribution is 2.32. The summed E-state index contributed by atoms with van der Waals surface area (Å²) in [5, 5.41) is 0. The minimum absolute atomic E-state index is 0.146. The number of hydrogen-bond donors (Lipinski definition) is 2. The molecule has 6 nitrogen and oxygen atoms in total. The summed E-state index contributed by atoms with van der Waals surface area (Å²) in [7, 11) is 2.03. The van der Waals surface area contributed by atoms with Gasteiger partial charge in [-0.25, -0.2) is 4.39 Å². The molecule has 1 atom stereocenters. The molecule has 0 aromatic heterocycles. The summed E-state index contributed by atoms with van der Waals surface area (Å²) in [6.45, 7) is 5.29. The van der Waals surface area contributed by atoms with Crippen molar-refractivity contribution < 1.29 is 28.5 Å². The number of fused-ring (bicyclic) bond motifs is 1. The first-order valence-electron chi connectivity index (χ1n) is 10.1. The minimum atomic E-state index is -0.146. The molecule has 2 aromatic rings. The fourth-order valence-corrected chi connectivity index (χ4v) is 3.99. The van der Waals surface area contributed by atoms with Gasteiger partial charge >= 0.3 is 0 Å². The van der Waals surface area contributed by atoms with Crippen LogP contribution in [0.5, 0.6) is 11.5 Å². The Hall–Kier alpha value is -2.64. The Morgan fingerprint density at radius 1 is 1.14 bits per heavy atom. The molecule has 0 saturated carbocycles. The number of ether oxygens (including phenoxy) is 2. The van der Waals surface area contributed by atoms with E-state index in [4.69, 9.17) is 9.47 Å². The Balaban J connectivity index is 1.24. The normalized spacial score (nSPS) is 17.4. The molecule has 0 spiro atoms. The van der Waals surface area contributed by atoms with Gasteiger partial charge in [0.2, 0.25) is 6.79 Å². The van der Waals surface area contributed by atoms with E-state index in [1.165, 1.54) is 11.0 Å². The van der Waals surface area contributed by atoms with Gasteiger partial charge in [0.05, 0.1) is 33.2 Å². The number of nitrogens with zero attached hydrogens (tertiary/aromatic N) is 1. The van der Waals surface area contributed by atoms with Crippen LogP contribution in [0.1, 0.15) is 11.1 Å². The average Bonchev–Trinajstić information content (AvgIpc) is 3.18. The van der Waals surface area contributed by atoms with Crippen molar-refractivity contribution >= 4 is 5.91 Å². The van der Waals surface area contributed by atoms with Crippen LogP contribution in [-0.4, -0.2) is 57.4 Å². The van der Waals surface area contributed by atoms with Crippen molar-refractivity contribution in [3.8, 4) is 11.5 Å². The van der Waals surface area contributed by atoms with Crippen molar-refractivity contribution in [1.82, 2.24) is 4.90 Å². The monoisotopic (exact) mass is 401 g/mol. The summed E-state index contributed by atoms with van der Waals surface area (Å²) in [6.07, 6.45) is 0. The predicted octanol–water partition coefficient (Wildman–Crippen LogP) is -0.504. The Morgan fingerprint density at radius 3 is 2.69 bits per heavy atom. The Bertz CT molecular complexity index is 868. The van der Waals surface area contributed by atoms with Crippen LogP contribution in [0.2, 0.25) is 0 Å². The highest BCUT2D eigenvalue weighted by molar-refractivity contribution is 5.77. The number of carbonyl (C=O) groups is 1. The third kappa shape index (κ3) is 4.86. The summed E-state index contributed by atoms with van der Waals surface area (Å²) in [5.41, 5.74) is 1.87. The van der Waals surface area contributed by atoms with Crippen molar-refractivity contribution in [2.75, 3.05) is 46.6 Å². The summed E-state index contributed by atoms with van der Waals surface area (Å²) in [4.78, 5) is 17.1. The quantitative estimate of drug-likeness (QED) is 0.686. The average molecular weight is 401 g/mol. The zero-order chi connectivity index (χ0) is 20.2. The van der Waals surface area contributed by atoms with E-state index in [1.807, 2.05) is 42.3 Å². The molecule has 0 radical (unpaired) electrons. The number of hydrogen-bond acceptors (Lipinski definition) is 3. The molecular weight excluding hydrogens is 373 g/mol. The topological polar surface area (TPSA) is 47.7 Å². The number of nitrogens with one attached hydrogen (secondary N) is 2. The second kappa shape index (κ2) is 8.80. The predicted molar refractivity (Wildman–Crippen MR) is 105 cm³/mol. The number of quaternary nitrogens is 2. The third-order valence-corrected chi connectivity index (χ3v) is 5.62. The van der Waals surface area contributed by atoms with Crippen LogP contribution in [-0.2, 0) is 17.9 Å². The smallest absolute Gasteiger partial charge is 0.278 e. The van der Waals surface area contributed by atoms with E-state index in [0.717, 1.165) is 60.2 Å². The zero-order valence-electron chi connectivity index (χ0n) is 16.7. The van der Waals surface area contributed by atoms with Crippen molar-refractivity contribution in [2.45, 2.75) is 13.1 Å². The number of benzene rings is 2. The number of rotatable bonds is 6. The first-order chi connectivity index (χ1) is 14.1. The maximum absolute atomic E-state index is 13.8. The Labute approximate surface area is 170 Å². The maximum atomic E-state index is 13.8. The first kappa shape index (κ1) is 19.7. The molecule has 2 N–H and O–H groups in total. The van der Waals surface area contributed by atoms with Crippen LogP contribution in [0, 0.1) is 5.82 Å². The summed E-state index contributed by atoms with van der Waals surface area (Å²) < 4.78 is 24.6. The van der Waals surface area contributed by atoms with E-state index in [2.05, 4.69) is 0 Å². The molecule has 2 aromatic carbocycles. The van der Waals surface area contributed by atoms with E-state index < -0.39 is 0 Å². The van der Waals surface area contributed by atoms with Crippen LogP contribution in [0.15, 0.2) is 42.5 Å². The first-order valence-corrected chi connectivity index (χ1v) is 10.1. The standard InChI is InChI=1S/C22H26FN3O3/c1-24(13-17-6-7-20-21(12-17)29-16-28-20)15-22(27)26-10-8-25(9-11-26)14-18-4-2-3-5-19(18)23/h2-7,12H,8-11,13-16H2,1H3/p+2. The lowest BCUT2D eigenvalue weighted by Crippen LogP contribution is -3.14. The van der Waals surface area contributed by atoms with Gasteiger partial charge in [-0.2, -0.15) is 0 Å². The Morgan fingerprint density at radius 2 is 1.90 bits per heavy atom. The van der Waals surface area contributed by atoms with Gasteiger partial charge in [-0.05, 0) is 24.3 Å². The van der Waals surface area contributed by atoms with Crippen LogP contribution < -0.4 is 19.3 Å². The second-order valence-electron chi connectivity index (χ2n) is 7.90. The number of carbonyl (C=O) groups excluding carboxylic acids is 1. The molecule has 2 heterocycles. The van der Waals surface area contributed by atoms with Crippen LogP contribution >= 0.6 is 0 Å². The molecule has 1 fully saturated rings. The van der Waals surface area contributed by atoms with E-state index in [9.17, 15) is 9.18 Å². The van der Waals surface area contributed by atoms with E-state index >= 15 is 0 Å². The molecule has 154 valence electrons. The van der Waals surface area contributed by atoms with Gasteiger partial charge in [-0.3, -0.25) is 4.79 Å².